The quantitative estimate of drug-likeness (QED) is 0.0554. The Morgan fingerprint density at radius 2 is 1.52 bits per heavy atom. The number of morpholine rings is 1. The first-order valence-electron chi connectivity index (χ1n) is 21.6. The molecule has 2 aliphatic rings. The minimum Gasteiger partial charge on any atom is -0.492 e. The Hall–Kier alpha value is -5.41. The molecule has 0 spiro atoms. The van der Waals surface area contributed by atoms with E-state index in [-0.39, 0.29) is 23.8 Å². The van der Waals surface area contributed by atoms with Crippen LogP contribution in [0.5, 0.6) is 17.2 Å². The molecule has 358 valence electrons. The minimum absolute atomic E-state index is 0.0103. The van der Waals surface area contributed by atoms with Gasteiger partial charge in [-0.3, -0.25) is 9.69 Å². The Kier molecular flexibility index (Phi) is 16.7. The average Bonchev–Trinajstić information content (AvgIpc) is 3.31. The third-order valence-electron chi connectivity index (χ3n) is 11.2. The highest BCUT2D eigenvalue weighted by Gasteiger charge is 2.48. The van der Waals surface area contributed by atoms with Crippen molar-refractivity contribution in [3.05, 3.63) is 125 Å². The van der Waals surface area contributed by atoms with Gasteiger partial charge >= 0.3 is 5.51 Å². The number of hydrogen-bond acceptors (Lipinski definition) is 13. The van der Waals surface area contributed by atoms with Gasteiger partial charge in [0.1, 0.15) is 28.8 Å². The van der Waals surface area contributed by atoms with Crippen LogP contribution in [0.1, 0.15) is 28.8 Å². The highest BCUT2D eigenvalue weighted by atomic mass is 35.5. The van der Waals surface area contributed by atoms with Crippen LogP contribution >= 0.6 is 11.6 Å². The van der Waals surface area contributed by atoms with Crippen LogP contribution in [-0.4, -0.2) is 105 Å². The number of ether oxygens (including phenoxy) is 4. The molecule has 7 rings (SSSR count). The number of nitrogens with one attached hydrogen (secondary N) is 4. The zero-order chi connectivity index (χ0) is 47.4. The van der Waals surface area contributed by atoms with Gasteiger partial charge in [0.15, 0.2) is 0 Å². The molecule has 0 aromatic heterocycles. The Balaban J connectivity index is 1.03. The molecule has 4 N–H and O–H groups in total. The summed E-state index contributed by atoms with van der Waals surface area (Å²) in [7, 11) is -11.0. The summed E-state index contributed by atoms with van der Waals surface area (Å²) in [5.74, 6) is -0.154. The Morgan fingerprint density at radius 1 is 0.791 bits per heavy atom. The lowest BCUT2D eigenvalue weighted by Gasteiger charge is -2.26. The standard InChI is InChI=1S/C47H51ClF3N5O9S2/c48-36-8-6-34(7-9-36)41-14-11-39(64-27-22-56-20-25-63-26-21-56)28-35(41)32-52-18-19-53-37-10-13-42(44(29-37)65-38-4-2-1-3-5-38)46(57)55-67(60,61)40-12-15-43(54-31-33-16-23-62-24-17-33)45(30-40)66(58,59)47(49,50)51/h1-15,28-30,33,52-54H,16-27,31-32H2,(H,55,57). The third-order valence-corrected chi connectivity index (χ3v) is 14.3. The number of rotatable bonds is 20. The van der Waals surface area contributed by atoms with E-state index < -0.39 is 46.8 Å². The molecule has 20 heteroatoms. The number of halogens is 4. The molecule has 2 saturated heterocycles. The van der Waals surface area contributed by atoms with Gasteiger partial charge in [0.2, 0.25) is 0 Å². The van der Waals surface area contributed by atoms with Crippen molar-refractivity contribution < 1.29 is 53.7 Å². The highest BCUT2D eigenvalue weighted by Crippen LogP contribution is 2.37. The lowest BCUT2D eigenvalue weighted by atomic mass is 9.99. The second-order valence-electron chi connectivity index (χ2n) is 15.8. The van der Waals surface area contributed by atoms with E-state index in [1.807, 2.05) is 47.2 Å². The largest absolute Gasteiger partial charge is 0.501 e. The van der Waals surface area contributed by atoms with Crippen molar-refractivity contribution in [3.63, 3.8) is 0 Å². The van der Waals surface area contributed by atoms with E-state index in [0.717, 1.165) is 54.2 Å². The molecule has 5 aromatic carbocycles. The lowest BCUT2D eigenvalue weighted by Crippen LogP contribution is -2.38. The average molecular weight is 987 g/mol. The van der Waals surface area contributed by atoms with Crippen molar-refractivity contribution in [2.45, 2.75) is 34.7 Å². The predicted molar refractivity (Wildman–Crippen MR) is 249 cm³/mol. The minimum atomic E-state index is -6.03. The molecule has 2 heterocycles. The maximum absolute atomic E-state index is 13.9. The molecule has 67 heavy (non-hydrogen) atoms. The molecule has 0 unspecified atom stereocenters. The molecular weight excluding hydrogens is 935 g/mol. The Labute approximate surface area is 393 Å². The summed E-state index contributed by atoms with van der Waals surface area (Å²) in [5.41, 5.74) is -2.86. The first-order chi connectivity index (χ1) is 32.2. The number of carbonyl (C=O) groups is 1. The van der Waals surface area contributed by atoms with Crippen LogP contribution in [-0.2, 0) is 35.9 Å². The zero-order valence-electron chi connectivity index (χ0n) is 36.3. The summed E-state index contributed by atoms with van der Waals surface area (Å²) in [6.07, 6.45) is 1.21. The van der Waals surface area contributed by atoms with Crippen LogP contribution in [0.3, 0.4) is 0 Å². The zero-order valence-corrected chi connectivity index (χ0v) is 38.7. The normalized spacial score (nSPS) is 15.2. The van der Waals surface area contributed by atoms with E-state index in [9.17, 15) is 34.8 Å². The number of carbonyl (C=O) groups excluding carboxylic acids is 1. The first-order valence-corrected chi connectivity index (χ1v) is 25.0. The van der Waals surface area contributed by atoms with E-state index >= 15 is 0 Å². The molecule has 2 aliphatic heterocycles. The number of alkyl halides is 3. The fourth-order valence-corrected chi connectivity index (χ4v) is 9.63. The monoisotopic (exact) mass is 985 g/mol. The van der Waals surface area contributed by atoms with Crippen molar-refractivity contribution in [3.8, 4) is 28.4 Å². The molecule has 1 amide bonds. The van der Waals surface area contributed by atoms with Crippen molar-refractivity contribution in [1.82, 2.24) is 14.9 Å². The molecule has 14 nitrogen and oxygen atoms in total. The van der Waals surface area contributed by atoms with Crippen LogP contribution < -0.4 is 30.1 Å². The van der Waals surface area contributed by atoms with Gasteiger partial charge in [-0.2, -0.15) is 13.2 Å². The van der Waals surface area contributed by atoms with Gasteiger partial charge < -0.3 is 34.9 Å². The summed E-state index contributed by atoms with van der Waals surface area (Å²) in [6.45, 7) is 6.92. The summed E-state index contributed by atoms with van der Waals surface area (Å²) >= 11 is 6.18. The van der Waals surface area contributed by atoms with E-state index in [1.165, 1.54) is 12.1 Å². The fraction of sp³-hybridized carbons (Fsp3) is 0.340. The fourth-order valence-electron chi connectivity index (χ4n) is 7.48. The van der Waals surface area contributed by atoms with Crippen LogP contribution in [0.25, 0.3) is 11.1 Å². The highest BCUT2D eigenvalue weighted by molar-refractivity contribution is 7.92. The van der Waals surface area contributed by atoms with Gasteiger partial charge in [-0.1, -0.05) is 48.0 Å². The summed E-state index contributed by atoms with van der Waals surface area (Å²) in [5, 5.41) is 10.1. The summed E-state index contributed by atoms with van der Waals surface area (Å²) in [6, 6.07) is 28.7. The molecule has 0 atom stereocenters. The second-order valence-corrected chi connectivity index (χ2v) is 19.9. The predicted octanol–water partition coefficient (Wildman–Crippen LogP) is 7.96. The van der Waals surface area contributed by atoms with Gasteiger partial charge in [-0.15, -0.1) is 0 Å². The number of anilines is 2. The maximum atomic E-state index is 13.9. The van der Waals surface area contributed by atoms with Crippen molar-refractivity contribution >= 4 is 48.7 Å². The molecular formula is C47H51ClF3N5O9S2. The molecule has 5 aromatic rings. The third kappa shape index (κ3) is 13.4. The number of benzene rings is 5. The van der Waals surface area contributed by atoms with E-state index in [0.29, 0.717) is 88.0 Å². The number of nitrogens with zero attached hydrogens (tertiary/aromatic N) is 1. The van der Waals surface area contributed by atoms with Crippen molar-refractivity contribution in [1.29, 1.82) is 0 Å². The van der Waals surface area contributed by atoms with Gasteiger partial charge in [-0.25, -0.2) is 21.6 Å². The van der Waals surface area contributed by atoms with Gasteiger partial charge in [0.25, 0.3) is 25.8 Å². The smallest absolute Gasteiger partial charge is 0.492 e. The number of hydrogen-bond donors (Lipinski definition) is 4. The van der Waals surface area contributed by atoms with E-state index in [4.69, 9.17) is 30.5 Å². The van der Waals surface area contributed by atoms with Crippen LogP contribution in [0, 0.1) is 5.92 Å². The van der Waals surface area contributed by atoms with Gasteiger partial charge in [-0.05, 0) is 102 Å². The van der Waals surface area contributed by atoms with Crippen LogP contribution in [0.2, 0.25) is 5.02 Å². The lowest BCUT2D eigenvalue weighted by molar-refractivity contribution is -0.0435. The van der Waals surface area contributed by atoms with Crippen molar-refractivity contribution in [2.75, 3.05) is 82.9 Å². The van der Waals surface area contributed by atoms with E-state index in [1.54, 1.807) is 36.4 Å². The number of para-hydroxylation sites is 1. The number of sulfone groups is 1. The Morgan fingerprint density at radius 3 is 2.25 bits per heavy atom. The Bertz CT molecular complexity index is 2690. The topological polar surface area (TPSA) is 174 Å². The molecule has 2 fully saturated rings. The molecule has 0 saturated carbocycles. The van der Waals surface area contributed by atoms with Gasteiger partial charge in [0.05, 0.1) is 29.4 Å². The molecule has 0 radical (unpaired) electrons. The van der Waals surface area contributed by atoms with Gasteiger partial charge in [0, 0.05) is 75.8 Å². The molecule has 0 aliphatic carbocycles. The second kappa shape index (κ2) is 22.6. The maximum Gasteiger partial charge on any atom is 0.501 e. The first kappa shape index (κ1) is 49.5. The van der Waals surface area contributed by atoms with Crippen molar-refractivity contribution in [2.24, 2.45) is 5.92 Å². The number of sulfonamides is 1. The summed E-state index contributed by atoms with van der Waals surface area (Å²) < 4.78 is 119. The number of amides is 1. The summed E-state index contributed by atoms with van der Waals surface area (Å²) in [4.78, 5) is 13.9. The molecule has 0 bridgehead atoms. The van der Waals surface area contributed by atoms with E-state index in [2.05, 4.69) is 20.9 Å². The van der Waals surface area contributed by atoms with Crippen LogP contribution in [0.4, 0.5) is 24.5 Å². The van der Waals surface area contributed by atoms with Crippen LogP contribution in [0.15, 0.2) is 119 Å². The SMILES string of the molecule is O=C(NS(=O)(=O)c1ccc(NCC2CCOCC2)c(S(=O)(=O)C(F)(F)F)c1)c1ccc(NCCNCc2cc(OCCN3CCOCC3)ccc2-c2ccc(Cl)cc2)cc1Oc1ccccc1.